The molecular weight excluding hydrogens is 1250 g/mol. The number of ether oxygens (including phenoxy) is 5. The number of nitrogens with zero attached hydrogens (tertiary/aromatic N) is 5. The van der Waals surface area contributed by atoms with Crippen LogP contribution in [0, 0.1) is 11.6 Å². The van der Waals surface area contributed by atoms with E-state index in [0.29, 0.717) is 67.5 Å². The minimum absolute atomic E-state index is 0.0133. The molecule has 5 atom stereocenters. The number of Topliss-reactive ketones (excluding diaryl/α,β-unsaturated/α-hetero) is 5. The molecule has 0 saturated heterocycles. The summed E-state index contributed by atoms with van der Waals surface area (Å²) in [4.78, 5) is 94.1. The summed E-state index contributed by atoms with van der Waals surface area (Å²) in [5, 5.41) is 32.0. The number of hydrogen-bond donors (Lipinski definition) is 5. The Morgan fingerprint density at radius 1 is 0.579 bits per heavy atom. The molecule has 0 fully saturated rings. The summed E-state index contributed by atoms with van der Waals surface area (Å²) in [6.07, 6.45) is 1.51. The number of carbonyl (C=O) groups excluding carboxylic acids is 5. The van der Waals surface area contributed by atoms with Crippen molar-refractivity contribution in [2.45, 2.75) is 140 Å². The number of carbonyl (C=O) groups is 6. The summed E-state index contributed by atoms with van der Waals surface area (Å²) in [5.74, 6) is -0.598. The van der Waals surface area contributed by atoms with Gasteiger partial charge in [0.2, 0.25) is 17.6 Å². The van der Waals surface area contributed by atoms with Gasteiger partial charge in [-0.05, 0) is 157 Å². The van der Waals surface area contributed by atoms with Gasteiger partial charge in [-0.1, -0.05) is 0 Å². The molecule has 5 aromatic heterocycles. The summed E-state index contributed by atoms with van der Waals surface area (Å²) in [7, 11) is 2.88. The Kier molecular flexibility index (Phi) is 19.2. The van der Waals surface area contributed by atoms with Crippen molar-refractivity contribution in [1.29, 1.82) is 0 Å². The second-order valence-corrected chi connectivity index (χ2v) is 28.1. The number of methoxy groups -OCH3 is 3. The molecule has 6 N–H and O–H groups in total. The Hall–Kier alpha value is -9.14. The van der Waals surface area contributed by atoms with Crippen LogP contribution in [0.25, 0.3) is 22.5 Å². The molecule has 0 bridgehead atoms. The monoisotopic (exact) mass is 1320 g/mol. The van der Waals surface area contributed by atoms with Crippen molar-refractivity contribution in [2.75, 3.05) is 34.5 Å². The molecule has 5 unspecified atom stereocenters. The highest BCUT2D eigenvalue weighted by Crippen LogP contribution is 2.47. The van der Waals surface area contributed by atoms with Crippen molar-refractivity contribution in [3.63, 3.8) is 0 Å². The molecule has 5 aliphatic rings. The number of halogens is 2. The van der Waals surface area contributed by atoms with Gasteiger partial charge < -0.3 is 44.7 Å². The van der Waals surface area contributed by atoms with Crippen LogP contribution in [-0.2, 0) is 86.2 Å². The highest BCUT2D eigenvalue weighted by atomic mass is 32.2. The maximum Gasteiger partial charge on any atom is 0.354 e. The summed E-state index contributed by atoms with van der Waals surface area (Å²) in [6.45, 7) is 12.9. The predicted molar refractivity (Wildman–Crippen MR) is 343 cm³/mol. The molecule has 0 radical (unpaired) electrons. The number of nitrogens with two attached hydrogens (primary N) is 1. The lowest BCUT2D eigenvalue weighted by Gasteiger charge is -2.30. The van der Waals surface area contributed by atoms with Crippen molar-refractivity contribution in [2.24, 2.45) is 5.73 Å². The zero-order valence-electron chi connectivity index (χ0n) is 54.2. The molecule has 12 rings (SSSR count). The first-order valence-corrected chi connectivity index (χ1v) is 31.7. The van der Waals surface area contributed by atoms with Gasteiger partial charge in [0.25, 0.3) is 0 Å². The number of benzene rings is 2. The third-order valence-corrected chi connectivity index (χ3v) is 19.0. The quantitative estimate of drug-likeness (QED) is 0.0504. The molecule has 0 amide bonds. The van der Waals surface area contributed by atoms with E-state index in [1.54, 1.807) is 62.4 Å². The lowest BCUT2D eigenvalue weighted by molar-refractivity contribution is -0.117. The Morgan fingerprint density at radius 3 is 1.34 bits per heavy atom. The smallest absolute Gasteiger partial charge is 0.354 e. The molecule has 0 spiro atoms. The number of fused-ring (bicyclic) bond motifs is 5. The third-order valence-electron chi connectivity index (χ3n) is 17.3. The topological polar surface area (TPSA) is 329 Å². The van der Waals surface area contributed by atoms with Gasteiger partial charge in [0.05, 0.1) is 59.5 Å². The molecule has 2 aromatic carbocycles. The lowest BCUT2D eigenvalue weighted by Crippen LogP contribution is -2.47. The molecule has 22 nitrogen and oxygen atoms in total. The minimum atomic E-state index is -1.57. The molecule has 498 valence electrons. The number of aliphatic hydroxyl groups is 2. The maximum absolute atomic E-state index is 13.8. The van der Waals surface area contributed by atoms with E-state index in [2.05, 4.69) is 24.7 Å². The number of pyridine rings is 5. The van der Waals surface area contributed by atoms with Gasteiger partial charge in [0, 0.05) is 90.3 Å². The summed E-state index contributed by atoms with van der Waals surface area (Å²) < 4.78 is 70.7. The average molecular weight is 1320 g/mol. The van der Waals surface area contributed by atoms with Crippen LogP contribution in [0.3, 0.4) is 0 Å². The highest BCUT2D eigenvalue weighted by molar-refractivity contribution is 7.84. The Balaban J connectivity index is 0.000000171. The fourth-order valence-electron chi connectivity index (χ4n) is 11.8. The first-order chi connectivity index (χ1) is 44.7. The number of aromatic carboxylic acids is 1. The van der Waals surface area contributed by atoms with Crippen molar-refractivity contribution in [1.82, 2.24) is 29.6 Å². The van der Waals surface area contributed by atoms with E-state index in [9.17, 15) is 52.0 Å². The van der Waals surface area contributed by atoms with Crippen LogP contribution in [-0.4, -0.2) is 119 Å². The predicted octanol–water partition coefficient (Wildman–Crippen LogP) is 8.34. The van der Waals surface area contributed by atoms with E-state index >= 15 is 0 Å². The second kappa shape index (κ2) is 26.6. The number of aromatic nitrogens is 5. The summed E-state index contributed by atoms with van der Waals surface area (Å²) in [5.41, 5.74) is 10.3. The fourth-order valence-corrected chi connectivity index (χ4v) is 12.7. The molecular formula is C70H73F2N7O15S. The minimum Gasteiger partial charge on any atom is -0.489 e. The van der Waals surface area contributed by atoms with Gasteiger partial charge in [-0.2, -0.15) is 0 Å². The van der Waals surface area contributed by atoms with E-state index in [-0.39, 0.29) is 153 Å². The van der Waals surface area contributed by atoms with Crippen LogP contribution < -0.4 is 34.1 Å². The van der Waals surface area contributed by atoms with E-state index in [0.717, 1.165) is 16.7 Å². The van der Waals surface area contributed by atoms with Crippen molar-refractivity contribution >= 4 is 45.9 Å². The number of carboxylic acids is 1. The first kappa shape index (κ1) is 68.7. The number of ketones is 5. The SMILES string of the molecule is COc1nc(C(=O)CCC(C)(O)c2cc3c(c(-c4ccc(F)cc4)n2)OCC3(C)N)cc2c1CC(=O)C2.COc1nc(C(=O)CCC(C)(O)c2cc3c(c(-c4ccc(F)cc4)n2)OCC3(C)NS(=O)C(C)(C)C)cc2c1CC(=O)C2.COc1nc(C(=O)O)cc2c1CC(=O)C2. The largest absolute Gasteiger partial charge is 0.489 e. The van der Waals surface area contributed by atoms with E-state index in [1.165, 1.54) is 51.7 Å². The second-order valence-electron chi connectivity index (χ2n) is 26.1. The fraction of sp³-hybridized carbons (Fsp3) is 0.386. The normalized spacial score (nSPS) is 18.8. The Labute approximate surface area is 549 Å². The van der Waals surface area contributed by atoms with E-state index in [4.69, 9.17) is 39.5 Å². The zero-order valence-corrected chi connectivity index (χ0v) is 55.0. The molecule has 7 heterocycles. The van der Waals surface area contributed by atoms with Gasteiger partial charge in [0.15, 0.2) is 28.8 Å². The summed E-state index contributed by atoms with van der Waals surface area (Å²) in [6, 6.07) is 19.8. The highest BCUT2D eigenvalue weighted by Gasteiger charge is 2.44. The number of carboxylic acid groups (broad SMARTS) is 1. The third kappa shape index (κ3) is 14.6. The number of nitrogens with one attached hydrogen (secondary N) is 1. The molecule has 25 heteroatoms. The van der Waals surface area contributed by atoms with Gasteiger partial charge >= 0.3 is 5.97 Å². The van der Waals surface area contributed by atoms with Crippen molar-refractivity contribution < 1.29 is 80.8 Å². The van der Waals surface area contributed by atoms with Crippen LogP contribution in [0.1, 0.15) is 162 Å². The Morgan fingerprint density at radius 2 is 0.947 bits per heavy atom. The van der Waals surface area contributed by atoms with Crippen LogP contribution in [0.15, 0.2) is 78.9 Å². The number of rotatable bonds is 18. The van der Waals surface area contributed by atoms with Crippen LogP contribution >= 0.6 is 0 Å². The first-order valence-electron chi connectivity index (χ1n) is 30.6. The van der Waals surface area contributed by atoms with Crippen LogP contribution in [0.5, 0.6) is 29.1 Å². The van der Waals surface area contributed by atoms with Gasteiger partial charge in [-0.25, -0.2) is 47.4 Å². The summed E-state index contributed by atoms with van der Waals surface area (Å²) >= 11 is 0. The van der Waals surface area contributed by atoms with Gasteiger partial charge in [-0.3, -0.25) is 24.0 Å². The number of hydrogen-bond acceptors (Lipinski definition) is 20. The Bertz CT molecular complexity index is 4300. The standard InChI is InChI=1S/C32H36FN3O6S.C28H28FN3O5.C10H9NO4/c1-30(2,3)43(40)36-31(4)17-42-28-23(31)16-26(35-27(28)18-7-9-20(33)10-8-18)32(5,39)12-11-25(38)24-14-19-13-21(37)15-22(19)29(34-24)41-6;1-27(30)14-37-25-20(27)13-23(32-24(25)15-4-6-17(29)7-5-15)28(2,35)9-8-22(34)21-11-16-10-18(33)12-19(16)26(31-21)36-3;1-15-9-7-4-6(12)2-5(7)3-8(11-9)10(13)14/h7-10,14,16,36,39H,11-13,15,17H2,1-6H3;4-7,11,13,35H,8-10,12,14,30H2,1-3H3;3H,2,4H2,1H3,(H,13,14). The lowest BCUT2D eigenvalue weighted by atomic mass is 9.88. The zero-order chi connectivity index (χ0) is 68.9. The van der Waals surface area contributed by atoms with Gasteiger partial charge in [0.1, 0.15) is 76.2 Å². The maximum atomic E-state index is 13.8. The van der Waals surface area contributed by atoms with Crippen molar-refractivity contribution in [3.8, 4) is 51.7 Å². The van der Waals surface area contributed by atoms with E-state index < -0.39 is 49.8 Å². The molecule has 2 aliphatic heterocycles. The van der Waals surface area contributed by atoms with Crippen LogP contribution in [0.2, 0.25) is 0 Å². The molecule has 95 heavy (non-hydrogen) atoms. The molecule has 7 aromatic rings. The average Bonchev–Trinajstić information content (AvgIpc) is 1.70. The van der Waals surface area contributed by atoms with Gasteiger partial charge in [-0.15, -0.1) is 0 Å². The van der Waals surface area contributed by atoms with Crippen molar-refractivity contribution in [3.05, 3.63) is 163 Å². The van der Waals surface area contributed by atoms with E-state index in [1.807, 2.05) is 34.6 Å². The molecule has 0 saturated carbocycles. The molecule has 3 aliphatic carbocycles. The van der Waals surface area contributed by atoms with Crippen LogP contribution in [0.4, 0.5) is 8.78 Å².